The Balaban J connectivity index is 2.23. The first kappa shape index (κ1) is 14.2. The Morgan fingerprint density at radius 1 is 1.33 bits per heavy atom. The van der Waals surface area contributed by atoms with E-state index in [1.54, 1.807) is 13.0 Å². The second kappa shape index (κ2) is 8.29. The number of esters is 1. The Kier molecular flexibility index (Phi) is 6.55. The third-order valence-corrected chi connectivity index (χ3v) is 2.33. The lowest BCUT2D eigenvalue weighted by atomic mass is 10.2. The average Bonchev–Trinajstić information content (AvgIpc) is 2.42. The van der Waals surface area contributed by atoms with E-state index in [0.717, 1.165) is 12.0 Å². The third-order valence-electron chi connectivity index (χ3n) is 2.33. The minimum atomic E-state index is -0.351. The molecule has 0 saturated heterocycles. The predicted octanol–water partition coefficient (Wildman–Crippen LogP) is 2.87. The fourth-order valence-corrected chi connectivity index (χ4v) is 1.34. The highest BCUT2D eigenvalue weighted by molar-refractivity contribution is 5.87. The molecule has 0 fully saturated rings. The molecule has 1 aromatic rings. The van der Waals surface area contributed by atoms with Crippen molar-refractivity contribution in [2.75, 3.05) is 13.7 Å². The Bertz CT molecular complexity index is 428. The number of carbonyl (C=O) groups excluding carboxylic acids is 1. The van der Waals surface area contributed by atoms with Crippen LogP contribution in [0.1, 0.15) is 18.9 Å². The van der Waals surface area contributed by atoms with E-state index in [1.807, 2.05) is 30.3 Å². The van der Waals surface area contributed by atoms with Gasteiger partial charge >= 0.3 is 5.97 Å². The quantitative estimate of drug-likeness (QED) is 0.335. The summed E-state index contributed by atoms with van der Waals surface area (Å²) >= 11 is 0. The molecule has 0 aliphatic rings. The molecule has 0 aliphatic carbocycles. The molecule has 0 unspecified atom stereocenters. The Labute approximate surface area is 108 Å². The summed E-state index contributed by atoms with van der Waals surface area (Å²) in [7, 11) is 1.36. The molecule has 3 nitrogen and oxygen atoms in total. The van der Waals surface area contributed by atoms with E-state index in [-0.39, 0.29) is 5.97 Å². The van der Waals surface area contributed by atoms with Crippen molar-refractivity contribution in [2.45, 2.75) is 20.0 Å². The summed E-state index contributed by atoms with van der Waals surface area (Å²) in [5, 5.41) is 0. The smallest absolute Gasteiger partial charge is 0.341 e. The van der Waals surface area contributed by atoms with Crippen LogP contribution >= 0.6 is 0 Å². The summed E-state index contributed by atoms with van der Waals surface area (Å²) in [5.41, 5.74) is 4.50. The van der Waals surface area contributed by atoms with Crippen molar-refractivity contribution >= 4 is 5.97 Å². The minimum absolute atomic E-state index is 0.351. The van der Waals surface area contributed by atoms with Gasteiger partial charge in [0.1, 0.15) is 0 Å². The molecule has 18 heavy (non-hydrogen) atoms. The van der Waals surface area contributed by atoms with Gasteiger partial charge in [-0.3, -0.25) is 0 Å². The Hall–Kier alpha value is -1.83. The molecule has 0 radical (unpaired) electrons. The number of methoxy groups -OCH3 is 1. The van der Waals surface area contributed by atoms with Crippen LogP contribution in [0.2, 0.25) is 0 Å². The van der Waals surface area contributed by atoms with Gasteiger partial charge in [0.25, 0.3) is 0 Å². The lowest BCUT2D eigenvalue weighted by molar-refractivity contribution is -0.136. The van der Waals surface area contributed by atoms with Crippen LogP contribution in [0.15, 0.2) is 47.7 Å². The highest BCUT2D eigenvalue weighted by Gasteiger charge is 1.99. The summed E-state index contributed by atoms with van der Waals surface area (Å²) < 4.78 is 10.0. The monoisotopic (exact) mass is 246 g/mol. The number of hydrogen-bond donors (Lipinski definition) is 0. The molecular formula is C15H18O3. The van der Waals surface area contributed by atoms with Crippen molar-refractivity contribution in [1.29, 1.82) is 0 Å². The molecule has 1 rings (SSSR count). The van der Waals surface area contributed by atoms with Gasteiger partial charge in [-0.05, 0) is 25.0 Å². The van der Waals surface area contributed by atoms with Gasteiger partial charge in [-0.25, -0.2) is 4.79 Å². The number of ether oxygens (including phenoxy) is 2. The second-order valence-electron chi connectivity index (χ2n) is 3.79. The van der Waals surface area contributed by atoms with Crippen molar-refractivity contribution in [1.82, 2.24) is 0 Å². The van der Waals surface area contributed by atoms with E-state index in [9.17, 15) is 4.79 Å². The van der Waals surface area contributed by atoms with E-state index in [0.29, 0.717) is 18.8 Å². The van der Waals surface area contributed by atoms with Gasteiger partial charge in [0, 0.05) is 0 Å². The SMILES string of the molecule is COC(=O)C(C)=C=CCCOCc1ccccc1. The maximum atomic E-state index is 11.0. The summed E-state index contributed by atoms with van der Waals surface area (Å²) in [5.74, 6) is -0.351. The molecule has 0 saturated carbocycles. The fraction of sp³-hybridized carbons (Fsp3) is 0.333. The van der Waals surface area contributed by atoms with Crippen molar-refractivity contribution in [3.8, 4) is 0 Å². The van der Waals surface area contributed by atoms with Gasteiger partial charge in [0.15, 0.2) is 0 Å². The van der Waals surface area contributed by atoms with Crippen LogP contribution in [-0.4, -0.2) is 19.7 Å². The standard InChI is InChI=1S/C15H18O3/c1-13(15(16)17-2)8-6-7-11-18-12-14-9-4-3-5-10-14/h3-6,9-10H,7,11-12H2,1-2H3. The summed E-state index contributed by atoms with van der Waals surface area (Å²) in [6.45, 7) is 2.89. The Morgan fingerprint density at radius 3 is 2.72 bits per heavy atom. The molecule has 0 amide bonds. The summed E-state index contributed by atoms with van der Waals surface area (Å²) in [6, 6.07) is 10.0. The number of carbonyl (C=O) groups is 1. The van der Waals surface area contributed by atoms with E-state index in [1.165, 1.54) is 7.11 Å². The molecule has 0 heterocycles. The lowest BCUT2D eigenvalue weighted by Crippen LogP contribution is -2.00. The zero-order valence-electron chi connectivity index (χ0n) is 10.8. The van der Waals surface area contributed by atoms with Gasteiger partial charge < -0.3 is 9.47 Å². The fourth-order valence-electron chi connectivity index (χ4n) is 1.34. The minimum Gasteiger partial charge on any atom is -0.465 e. The highest BCUT2D eigenvalue weighted by Crippen LogP contribution is 2.01. The second-order valence-corrected chi connectivity index (χ2v) is 3.79. The van der Waals surface area contributed by atoms with E-state index in [4.69, 9.17) is 4.74 Å². The molecule has 3 heteroatoms. The number of rotatable bonds is 6. The Morgan fingerprint density at radius 2 is 2.06 bits per heavy atom. The molecular weight excluding hydrogens is 228 g/mol. The number of benzene rings is 1. The van der Waals surface area contributed by atoms with Crippen LogP contribution in [0.4, 0.5) is 0 Å². The molecule has 1 aromatic carbocycles. The van der Waals surface area contributed by atoms with Gasteiger partial charge in [-0.1, -0.05) is 30.3 Å². The lowest BCUT2D eigenvalue weighted by Gasteiger charge is -2.01. The summed E-state index contributed by atoms with van der Waals surface area (Å²) in [4.78, 5) is 11.0. The molecule has 0 aromatic heterocycles. The van der Waals surface area contributed by atoms with E-state index < -0.39 is 0 Å². The zero-order chi connectivity index (χ0) is 13.2. The molecule has 0 bridgehead atoms. The first-order valence-corrected chi connectivity index (χ1v) is 5.86. The maximum absolute atomic E-state index is 11.0. The van der Waals surface area contributed by atoms with Crippen LogP contribution in [0.5, 0.6) is 0 Å². The average molecular weight is 246 g/mol. The molecule has 0 spiro atoms. The van der Waals surface area contributed by atoms with Gasteiger partial charge in [0.2, 0.25) is 0 Å². The zero-order valence-corrected chi connectivity index (χ0v) is 10.8. The third kappa shape index (κ3) is 5.48. The molecule has 96 valence electrons. The maximum Gasteiger partial charge on any atom is 0.341 e. The van der Waals surface area contributed by atoms with Crippen LogP contribution in [0.25, 0.3) is 0 Å². The van der Waals surface area contributed by atoms with Crippen molar-refractivity contribution in [2.24, 2.45) is 0 Å². The largest absolute Gasteiger partial charge is 0.465 e. The van der Waals surface area contributed by atoms with E-state index in [2.05, 4.69) is 10.5 Å². The van der Waals surface area contributed by atoms with Crippen LogP contribution in [-0.2, 0) is 20.9 Å². The molecule has 0 N–H and O–H groups in total. The van der Waals surface area contributed by atoms with Gasteiger partial charge in [-0.2, -0.15) is 0 Å². The molecule has 0 atom stereocenters. The van der Waals surface area contributed by atoms with E-state index >= 15 is 0 Å². The van der Waals surface area contributed by atoms with Gasteiger partial charge in [-0.15, -0.1) is 5.73 Å². The predicted molar refractivity (Wildman–Crippen MR) is 70.0 cm³/mol. The first-order valence-electron chi connectivity index (χ1n) is 5.86. The van der Waals surface area contributed by atoms with Crippen molar-refractivity contribution in [3.63, 3.8) is 0 Å². The first-order chi connectivity index (χ1) is 8.74. The summed E-state index contributed by atoms with van der Waals surface area (Å²) in [6.07, 6.45) is 2.51. The van der Waals surface area contributed by atoms with Crippen LogP contribution in [0.3, 0.4) is 0 Å². The van der Waals surface area contributed by atoms with Crippen LogP contribution < -0.4 is 0 Å². The van der Waals surface area contributed by atoms with Crippen LogP contribution in [0, 0.1) is 0 Å². The van der Waals surface area contributed by atoms with Gasteiger partial charge in [0.05, 0.1) is 25.9 Å². The topological polar surface area (TPSA) is 35.5 Å². The normalized spacial score (nSPS) is 9.44. The highest BCUT2D eigenvalue weighted by atomic mass is 16.5. The van der Waals surface area contributed by atoms with Crippen molar-refractivity contribution < 1.29 is 14.3 Å². The molecule has 0 aliphatic heterocycles. The number of hydrogen-bond acceptors (Lipinski definition) is 3. The van der Waals surface area contributed by atoms with Crippen molar-refractivity contribution in [3.05, 3.63) is 53.3 Å².